The van der Waals surface area contributed by atoms with Crippen molar-refractivity contribution in [3.05, 3.63) is 71.8 Å². The lowest BCUT2D eigenvalue weighted by Gasteiger charge is -2.33. The van der Waals surface area contributed by atoms with Crippen molar-refractivity contribution in [3.8, 4) is 0 Å². The molecule has 178 valence electrons. The van der Waals surface area contributed by atoms with Crippen LogP contribution >= 0.6 is 11.8 Å². The zero-order chi connectivity index (χ0) is 23.9. The number of nitrogens with one attached hydrogen (secondary N) is 1. The van der Waals surface area contributed by atoms with Crippen molar-refractivity contribution in [3.63, 3.8) is 0 Å². The SMILES string of the molecule is CC(SCc1nc(N)nc(Nc2ccc(F)cc2)n1)C(=O)N1CCC(Cc2ccccc2)CC1. The summed E-state index contributed by atoms with van der Waals surface area (Å²) < 4.78 is 13.1. The van der Waals surface area contributed by atoms with Crippen molar-refractivity contribution in [2.24, 2.45) is 5.92 Å². The summed E-state index contributed by atoms with van der Waals surface area (Å²) >= 11 is 1.48. The first-order valence-corrected chi connectivity index (χ1v) is 12.5. The molecule has 0 bridgehead atoms. The summed E-state index contributed by atoms with van der Waals surface area (Å²) in [5.74, 6) is 1.75. The Balaban J connectivity index is 1.27. The molecule has 2 aromatic carbocycles. The summed E-state index contributed by atoms with van der Waals surface area (Å²) in [6.45, 7) is 3.52. The number of piperidine rings is 1. The Kier molecular flexibility index (Phi) is 7.95. The van der Waals surface area contributed by atoms with E-state index in [4.69, 9.17) is 5.73 Å². The van der Waals surface area contributed by atoms with E-state index in [-0.39, 0.29) is 28.9 Å². The van der Waals surface area contributed by atoms with Crippen molar-refractivity contribution >= 4 is 35.3 Å². The van der Waals surface area contributed by atoms with Gasteiger partial charge in [-0.15, -0.1) is 11.8 Å². The maximum absolute atomic E-state index is 13.1. The molecule has 0 saturated carbocycles. The smallest absolute Gasteiger partial charge is 0.235 e. The number of carbonyl (C=O) groups is 1. The van der Waals surface area contributed by atoms with Crippen LogP contribution in [0.2, 0.25) is 0 Å². The number of carbonyl (C=O) groups excluding carboxylic acids is 1. The minimum Gasteiger partial charge on any atom is -0.368 e. The first kappa shape index (κ1) is 23.9. The highest BCUT2D eigenvalue weighted by Crippen LogP contribution is 2.25. The van der Waals surface area contributed by atoms with Crippen molar-refractivity contribution < 1.29 is 9.18 Å². The molecule has 1 unspecified atom stereocenters. The third-order valence-corrected chi connectivity index (χ3v) is 7.03. The number of hydrogen-bond acceptors (Lipinski definition) is 7. The fourth-order valence-electron chi connectivity index (χ4n) is 4.05. The molecule has 34 heavy (non-hydrogen) atoms. The number of nitrogen functional groups attached to an aromatic ring is 1. The number of likely N-dealkylation sites (tertiary alicyclic amines) is 1. The molecule has 7 nitrogen and oxygen atoms in total. The van der Waals surface area contributed by atoms with Crippen molar-refractivity contribution in [1.29, 1.82) is 0 Å². The Bertz CT molecular complexity index is 1090. The molecular weight excluding hydrogens is 451 g/mol. The Labute approximate surface area is 203 Å². The summed E-state index contributed by atoms with van der Waals surface area (Å²) in [7, 11) is 0. The van der Waals surface area contributed by atoms with E-state index in [1.165, 1.54) is 29.5 Å². The van der Waals surface area contributed by atoms with Gasteiger partial charge in [-0.1, -0.05) is 30.3 Å². The van der Waals surface area contributed by atoms with Crippen LogP contribution in [0.3, 0.4) is 0 Å². The summed E-state index contributed by atoms with van der Waals surface area (Å²) in [6, 6.07) is 16.4. The van der Waals surface area contributed by atoms with Gasteiger partial charge in [0.15, 0.2) is 0 Å². The third kappa shape index (κ3) is 6.66. The largest absolute Gasteiger partial charge is 0.368 e. The molecule has 1 fully saturated rings. The highest BCUT2D eigenvalue weighted by Gasteiger charge is 2.26. The molecule has 1 aliphatic heterocycles. The molecule has 3 aromatic rings. The fraction of sp³-hybridized carbons (Fsp3) is 0.360. The minimum absolute atomic E-state index is 0.0923. The molecule has 4 rings (SSSR count). The van der Waals surface area contributed by atoms with Crippen LogP contribution in [0.25, 0.3) is 0 Å². The van der Waals surface area contributed by atoms with E-state index in [1.54, 1.807) is 12.1 Å². The number of amides is 1. The van der Waals surface area contributed by atoms with Gasteiger partial charge in [0.25, 0.3) is 0 Å². The second kappa shape index (κ2) is 11.3. The maximum atomic E-state index is 13.1. The third-order valence-electron chi connectivity index (χ3n) is 5.90. The molecule has 0 radical (unpaired) electrons. The van der Waals surface area contributed by atoms with E-state index in [0.717, 1.165) is 32.4 Å². The van der Waals surface area contributed by atoms with Crippen LogP contribution in [0.5, 0.6) is 0 Å². The van der Waals surface area contributed by atoms with Crippen molar-refractivity contribution in [2.45, 2.75) is 37.2 Å². The molecule has 1 amide bonds. The first-order chi connectivity index (χ1) is 16.5. The monoisotopic (exact) mass is 480 g/mol. The van der Waals surface area contributed by atoms with E-state index in [1.807, 2.05) is 17.9 Å². The van der Waals surface area contributed by atoms with Crippen LogP contribution in [0.15, 0.2) is 54.6 Å². The standard InChI is InChI=1S/C25H29FN6OS/c1-17(23(33)32-13-11-19(12-14-32)15-18-5-3-2-4-6-18)34-16-22-29-24(27)31-25(30-22)28-21-9-7-20(26)8-10-21/h2-10,17,19H,11-16H2,1H3,(H3,27,28,29,30,31). The highest BCUT2D eigenvalue weighted by molar-refractivity contribution is 7.99. The van der Waals surface area contributed by atoms with E-state index in [0.29, 0.717) is 23.2 Å². The summed E-state index contributed by atoms with van der Waals surface area (Å²) in [6.07, 6.45) is 3.13. The molecule has 1 aliphatic rings. The highest BCUT2D eigenvalue weighted by atomic mass is 32.2. The van der Waals surface area contributed by atoms with Gasteiger partial charge in [-0.05, 0) is 61.9 Å². The molecule has 1 atom stereocenters. The zero-order valence-electron chi connectivity index (χ0n) is 19.2. The molecule has 9 heteroatoms. The van der Waals surface area contributed by atoms with Gasteiger partial charge < -0.3 is 16.0 Å². The summed E-state index contributed by atoms with van der Waals surface area (Å²) in [5, 5.41) is 2.79. The molecule has 2 heterocycles. The molecule has 1 saturated heterocycles. The van der Waals surface area contributed by atoms with Gasteiger partial charge in [-0.3, -0.25) is 4.79 Å². The fourth-order valence-corrected chi connectivity index (χ4v) is 4.87. The number of thioether (sulfide) groups is 1. The molecule has 0 aliphatic carbocycles. The van der Waals surface area contributed by atoms with Gasteiger partial charge in [0.2, 0.25) is 17.8 Å². The molecule has 3 N–H and O–H groups in total. The van der Waals surface area contributed by atoms with Crippen molar-refractivity contribution in [1.82, 2.24) is 19.9 Å². The van der Waals surface area contributed by atoms with E-state index in [9.17, 15) is 9.18 Å². The Morgan fingerprint density at radius 1 is 1.12 bits per heavy atom. The lowest BCUT2D eigenvalue weighted by atomic mass is 9.90. The van der Waals surface area contributed by atoms with Gasteiger partial charge in [0.1, 0.15) is 11.6 Å². The number of nitrogens with two attached hydrogens (primary N) is 1. The number of anilines is 3. The molecule has 0 spiro atoms. The van der Waals surface area contributed by atoms with Gasteiger partial charge in [-0.2, -0.15) is 15.0 Å². The van der Waals surface area contributed by atoms with Crippen LogP contribution in [0, 0.1) is 11.7 Å². The average Bonchev–Trinajstić information content (AvgIpc) is 2.84. The summed E-state index contributed by atoms with van der Waals surface area (Å²) in [4.78, 5) is 27.6. The van der Waals surface area contributed by atoms with Crippen LogP contribution < -0.4 is 11.1 Å². The quantitative estimate of drug-likeness (QED) is 0.492. The van der Waals surface area contributed by atoms with E-state index >= 15 is 0 Å². The molecule has 1 aromatic heterocycles. The van der Waals surface area contributed by atoms with Crippen LogP contribution in [-0.2, 0) is 17.0 Å². The van der Waals surface area contributed by atoms with Gasteiger partial charge in [-0.25, -0.2) is 4.39 Å². The van der Waals surface area contributed by atoms with Gasteiger partial charge in [0, 0.05) is 18.8 Å². The van der Waals surface area contributed by atoms with Crippen LogP contribution in [0.1, 0.15) is 31.2 Å². The average molecular weight is 481 g/mol. The Hall–Kier alpha value is -3.20. The number of benzene rings is 2. The number of nitrogens with zero attached hydrogens (tertiary/aromatic N) is 4. The predicted octanol–water partition coefficient (Wildman–Crippen LogP) is 4.44. The van der Waals surface area contributed by atoms with Gasteiger partial charge >= 0.3 is 0 Å². The topological polar surface area (TPSA) is 97.0 Å². The maximum Gasteiger partial charge on any atom is 0.235 e. The van der Waals surface area contributed by atoms with E-state index < -0.39 is 0 Å². The first-order valence-electron chi connectivity index (χ1n) is 11.4. The Morgan fingerprint density at radius 3 is 2.53 bits per heavy atom. The predicted molar refractivity (Wildman–Crippen MR) is 134 cm³/mol. The van der Waals surface area contributed by atoms with Crippen LogP contribution in [-0.4, -0.2) is 44.1 Å². The van der Waals surface area contributed by atoms with Crippen molar-refractivity contribution in [2.75, 3.05) is 24.1 Å². The van der Waals surface area contributed by atoms with E-state index in [2.05, 4.69) is 44.5 Å². The Morgan fingerprint density at radius 2 is 1.82 bits per heavy atom. The van der Waals surface area contributed by atoms with Crippen LogP contribution in [0.4, 0.5) is 22.0 Å². The molecular formula is C25H29FN6OS. The number of aromatic nitrogens is 3. The normalized spacial score (nSPS) is 15.2. The van der Waals surface area contributed by atoms with Gasteiger partial charge in [0.05, 0.1) is 11.0 Å². The minimum atomic E-state index is -0.322. The number of halogens is 1. The lowest BCUT2D eigenvalue weighted by molar-refractivity contribution is -0.131. The zero-order valence-corrected chi connectivity index (χ0v) is 20.0. The summed E-state index contributed by atoms with van der Waals surface area (Å²) in [5.41, 5.74) is 7.85. The number of hydrogen-bond donors (Lipinski definition) is 2. The second-order valence-electron chi connectivity index (χ2n) is 8.48. The lowest BCUT2D eigenvalue weighted by Crippen LogP contribution is -2.42. The number of rotatable bonds is 8. The second-order valence-corrected chi connectivity index (χ2v) is 9.81.